The molecule has 2 aromatic carbocycles. The summed E-state index contributed by atoms with van der Waals surface area (Å²) in [7, 11) is 0. The largest absolute Gasteiger partial charge is 0.500 e. The first-order valence-electron chi connectivity index (χ1n) is 6.93. The van der Waals surface area contributed by atoms with Gasteiger partial charge in [-0.25, -0.2) is 4.79 Å². The molecular formula is C17H17FO4. The van der Waals surface area contributed by atoms with Crippen LogP contribution in [0.25, 0.3) is 0 Å². The van der Waals surface area contributed by atoms with E-state index < -0.39 is 12.5 Å². The number of hydrogen-bond donors (Lipinski definition) is 0. The van der Waals surface area contributed by atoms with E-state index in [2.05, 4.69) is 4.74 Å². The van der Waals surface area contributed by atoms with Crippen molar-refractivity contribution in [1.29, 1.82) is 0 Å². The summed E-state index contributed by atoms with van der Waals surface area (Å²) >= 11 is 0. The predicted molar refractivity (Wildman–Crippen MR) is 79.8 cm³/mol. The molecule has 2 rings (SSSR count). The van der Waals surface area contributed by atoms with Gasteiger partial charge in [-0.2, -0.15) is 0 Å². The van der Waals surface area contributed by atoms with Crippen molar-refractivity contribution in [3.8, 4) is 11.5 Å². The molecule has 0 aliphatic carbocycles. The molecule has 0 radical (unpaired) electrons. The average molecular weight is 304 g/mol. The molecule has 0 N–H and O–H groups in total. The van der Waals surface area contributed by atoms with Gasteiger partial charge in [0.1, 0.15) is 11.5 Å². The molecule has 4 nitrogen and oxygen atoms in total. The molecule has 0 saturated heterocycles. The molecule has 2 aromatic rings. The van der Waals surface area contributed by atoms with Gasteiger partial charge in [0, 0.05) is 0 Å². The molecule has 0 aliphatic rings. The van der Waals surface area contributed by atoms with E-state index in [0.29, 0.717) is 12.4 Å². The van der Waals surface area contributed by atoms with Crippen LogP contribution in [0.15, 0.2) is 54.6 Å². The summed E-state index contributed by atoms with van der Waals surface area (Å²) < 4.78 is 27.5. The van der Waals surface area contributed by atoms with Gasteiger partial charge in [-0.15, -0.1) is 4.39 Å². The standard InChI is InChI=1S/C17H17FO4/c1-13(20-12-11-14-5-3-2-4-6-14)21-15-7-9-16(10-8-15)22-17(18)19/h2-10,13H,11-12H2,1H3. The van der Waals surface area contributed by atoms with Crippen LogP contribution in [0.5, 0.6) is 11.5 Å². The van der Waals surface area contributed by atoms with Crippen LogP contribution >= 0.6 is 0 Å². The van der Waals surface area contributed by atoms with Crippen molar-refractivity contribution in [1.82, 2.24) is 0 Å². The molecule has 0 aromatic heterocycles. The number of hydrogen-bond acceptors (Lipinski definition) is 4. The predicted octanol–water partition coefficient (Wildman–Crippen LogP) is 4.14. The number of carbonyl (C=O) groups excluding carboxylic acids is 1. The van der Waals surface area contributed by atoms with Gasteiger partial charge in [0.05, 0.1) is 6.61 Å². The first-order valence-corrected chi connectivity index (χ1v) is 6.93. The van der Waals surface area contributed by atoms with Gasteiger partial charge in [0.15, 0.2) is 6.29 Å². The van der Waals surface area contributed by atoms with Gasteiger partial charge < -0.3 is 14.2 Å². The Labute approximate surface area is 128 Å². The number of benzene rings is 2. The molecule has 116 valence electrons. The Kier molecular flexibility index (Phi) is 5.91. The van der Waals surface area contributed by atoms with Crippen molar-refractivity contribution >= 4 is 6.22 Å². The Bertz CT molecular complexity index is 583. The highest BCUT2D eigenvalue weighted by atomic mass is 19.1. The van der Waals surface area contributed by atoms with E-state index >= 15 is 0 Å². The van der Waals surface area contributed by atoms with Crippen molar-refractivity contribution in [3.05, 3.63) is 60.2 Å². The molecule has 0 bridgehead atoms. The van der Waals surface area contributed by atoms with Crippen molar-refractivity contribution in [3.63, 3.8) is 0 Å². The molecule has 1 atom stereocenters. The third-order valence-corrected chi connectivity index (χ3v) is 2.91. The lowest BCUT2D eigenvalue weighted by Gasteiger charge is -2.15. The Morgan fingerprint density at radius 1 is 1.05 bits per heavy atom. The maximum Gasteiger partial charge on any atom is 0.500 e. The van der Waals surface area contributed by atoms with E-state index in [1.165, 1.54) is 17.7 Å². The van der Waals surface area contributed by atoms with E-state index in [1.54, 1.807) is 19.1 Å². The first-order chi connectivity index (χ1) is 10.6. The molecule has 0 aliphatic heterocycles. The minimum Gasteiger partial charge on any atom is -0.465 e. The second-order valence-corrected chi connectivity index (χ2v) is 4.60. The van der Waals surface area contributed by atoms with Crippen molar-refractivity contribution in [2.75, 3.05) is 6.61 Å². The Balaban J connectivity index is 1.74. The smallest absolute Gasteiger partial charge is 0.465 e. The van der Waals surface area contributed by atoms with Crippen LogP contribution < -0.4 is 9.47 Å². The van der Waals surface area contributed by atoms with Crippen molar-refractivity contribution < 1.29 is 23.4 Å². The molecule has 0 saturated carbocycles. The Morgan fingerprint density at radius 3 is 2.32 bits per heavy atom. The van der Waals surface area contributed by atoms with Gasteiger partial charge in [0.25, 0.3) is 0 Å². The van der Waals surface area contributed by atoms with Gasteiger partial charge in [-0.1, -0.05) is 30.3 Å². The number of carbonyl (C=O) groups is 1. The molecule has 5 heteroatoms. The van der Waals surface area contributed by atoms with E-state index in [1.807, 2.05) is 30.3 Å². The fraction of sp³-hybridized carbons (Fsp3) is 0.235. The topological polar surface area (TPSA) is 44.8 Å². The van der Waals surface area contributed by atoms with Crippen LogP contribution in [0, 0.1) is 0 Å². The zero-order chi connectivity index (χ0) is 15.8. The fourth-order valence-electron chi connectivity index (χ4n) is 1.89. The number of halogens is 1. The van der Waals surface area contributed by atoms with E-state index in [-0.39, 0.29) is 5.75 Å². The lowest BCUT2D eigenvalue weighted by Crippen LogP contribution is -2.17. The van der Waals surface area contributed by atoms with Gasteiger partial charge >= 0.3 is 6.22 Å². The highest BCUT2D eigenvalue weighted by Crippen LogP contribution is 2.19. The lowest BCUT2D eigenvalue weighted by molar-refractivity contribution is -0.0654. The fourth-order valence-corrected chi connectivity index (χ4v) is 1.89. The molecule has 22 heavy (non-hydrogen) atoms. The minimum absolute atomic E-state index is 0.123. The van der Waals surface area contributed by atoms with Gasteiger partial charge in [-0.05, 0) is 43.2 Å². The van der Waals surface area contributed by atoms with Crippen LogP contribution in [0.3, 0.4) is 0 Å². The SMILES string of the molecule is CC(OCCc1ccccc1)Oc1ccc(OC(=O)F)cc1. The first kappa shape index (κ1) is 16.0. The molecule has 0 heterocycles. The monoisotopic (exact) mass is 304 g/mol. The Morgan fingerprint density at radius 2 is 1.68 bits per heavy atom. The normalized spacial score (nSPS) is 11.7. The van der Waals surface area contributed by atoms with Crippen LogP contribution in [-0.4, -0.2) is 19.1 Å². The van der Waals surface area contributed by atoms with Gasteiger partial charge in [-0.3, -0.25) is 0 Å². The lowest BCUT2D eigenvalue weighted by atomic mass is 10.2. The summed E-state index contributed by atoms with van der Waals surface area (Å²) in [5.41, 5.74) is 1.20. The van der Waals surface area contributed by atoms with E-state index in [4.69, 9.17) is 9.47 Å². The summed E-state index contributed by atoms with van der Waals surface area (Å²) in [4.78, 5) is 10.2. The highest BCUT2D eigenvalue weighted by Gasteiger charge is 2.06. The van der Waals surface area contributed by atoms with E-state index in [9.17, 15) is 9.18 Å². The summed E-state index contributed by atoms with van der Waals surface area (Å²) in [6, 6.07) is 16.1. The third-order valence-electron chi connectivity index (χ3n) is 2.91. The average Bonchev–Trinajstić information content (AvgIpc) is 2.50. The quantitative estimate of drug-likeness (QED) is 0.569. The van der Waals surface area contributed by atoms with Gasteiger partial charge in [0.2, 0.25) is 0 Å². The molecular weight excluding hydrogens is 287 g/mol. The van der Waals surface area contributed by atoms with Crippen LogP contribution in [0.2, 0.25) is 0 Å². The van der Waals surface area contributed by atoms with Crippen LogP contribution in [0.4, 0.5) is 9.18 Å². The zero-order valence-electron chi connectivity index (χ0n) is 12.2. The van der Waals surface area contributed by atoms with Crippen LogP contribution in [-0.2, 0) is 11.2 Å². The molecule has 0 fully saturated rings. The maximum atomic E-state index is 12.1. The zero-order valence-corrected chi connectivity index (χ0v) is 12.2. The summed E-state index contributed by atoms with van der Waals surface area (Å²) in [5.74, 6) is 0.670. The summed E-state index contributed by atoms with van der Waals surface area (Å²) in [6.45, 7) is 2.34. The minimum atomic E-state index is -1.84. The van der Waals surface area contributed by atoms with Crippen molar-refractivity contribution in [2.45, 2.75) is 19.6 Å². The number of ether oxygens (including phenoxy) is 3. The molecule has 1 unspecified atom stereocenters. The maximum absolute atomic E-state index is 12.1. The Hall–Kier alpha value is -2.40. The third kappa shape index (κ3) is 5.54. The van der Waals surface area contributed by atoms with Crippen molar-refractivity contribution in [2.24, 2.45) is 0 Å². The highest BCUT2D eigenvalue weighted by molar-refractivity contribution is 5.62. The molecule has 0 spiro atoms. The molecule has 0 amide bonds. The summed E-state index contributed by atoms with van der Waals surface area (Å²) in [6.07, 6.45) is -1.45. The van der Waals surface area contributed by atoms with Crippen LogP contribution in [0.1, 0.15) is 12.5 Å². The van der Waals surface area contributed by atoms with E-state index in [0.717, 1.165) is 6.42 Å². The summed E-state index contributed by atoms with van der Waals surface area (Å²) in [5, 5.41) is 0. The number of rotatable bonds is 7. The second-order valence-electron chi connectivity index (χ2n) is 4.60. The second kappa shape index (κ2) is 8.14.